The van der Waals surface area contributed by atoms with Gasteiger partial charge in [-0.05, 0) is 12.8 Å². The summed E-state index contributed by atoms with van der Waals surface area (Å²) in [5, 5.41) is 4.16. The van der Waals surface area contributed by atoms with Gasteiger partial charge in [0.25, 0.3) is 0 Å². The van der Waals surface area contributed by atoms with Crippen molar-refractivity contribution in [2.75, 3.05) is 13.2 Å². The van der Waals surface area contributed by atoms with Crippen molar-refractivity contribution in [2.24, 2.45) is 0 Å². The van der Waals surface area contributed by atoms with Crippen LogP contribution in [0.25, 0.3) is 0 Å². The number of ether oxygens (including phenoxy) is 1. The number of hydrogen-bond donors (Lipinski definition) is 0. The van der Waals surface area contributed by atoms with E-state index in [0.29, 0.717) is 18.7 Å². The van der Waals surface area contributed by atoms with Crippen molar-refractivity contribution in [1.29, 1.82) is 0 Å². The molecule has 27 heavy (non-hydrogen) atoms. The molecule has 8 heteroatoms. The minimum atomic E-state index is -0.367. The van der Waals surface area contributed by atoms with Crippen LogP contribution in [0.1, 0.15) is 23.2 Å². The fourth-order valence-corrected chi connectivity index (χ4v) is 4.22. The van der Waals surface area contributed by atoms with Gasteiger partial charge in [0, 0.05) is 29.9 Å². The largest absolute Gasteiger partial charge is 0.445 e. The van der Waals surface area contributed by atoms with Gasteiger partial charge in [0.15, 0.2) is 0 Å². The average molecular weight is 386 g/mol. The number of likely N-dealkylation sites (tertiary alicyclic amines) is 1. The van der Waals surface area contributed by atoms with Crippen LogP contribution in [0.5, 0.6) is 0 Å². The summed E-state index contributed by atoms with van der Waals surface area (Å²) in [4.78, 5) is 30.6. The minimum Gasteiger partial charge on any atom is -0.445 e. The molecule has 3 rings (SSSR count). The predicted octanol–water partition coefficient (Wildman–Crippen LogP) is 3.01. The van der Waals surface area contributed by atoms with Crippen molar-refractivity contribution in [1.82, 2.24) is 19.7 Å². The second kappa shape index (κ2) is 9.36. The molecule has 2 aromatic rings. The lowest BCUT2D eigenvalue weighted by atomic mass is 10.1. The maximum atomic E-state index is 12.5. The number of rotatable bonds is 7. The Bertz CT molecular complexity index is 767. The van der Waals surface area contributed by atoms with Crippen LogP contribution in [0.2, 0.25) is 0 Å². The Morgan fingerprint density at radius 3 is 2.85 bits per heavy atom. The van der Waals surface area contributed by atoms with Gasteiger partial charge < -0.3 is 9.64 Å². The van der Waals surface area contributed by atoms with E-state index < -0.39 is 0 Å². The molecule has 0 spiro atoms. The zero-order chi connectivity index (χ0) is 19.1. The van der Waals surface area contributed by atoms with Gasteiger partial charge in [-0.1, -0.05) is 54.7 Å². The van der Waals surface area contributed by atoms with Gasteiger partial charge in [-0.25, -0.2) is 9.78 Å². The Morgan fingerprint density at radius 1 is 1.33 bits per heavy atom. The SMILES string of the molecule is C=CCOC(=O)N1CC(SC(=O)c2ccccc2)CC1CCn1cncn1. The number of hydrogen-bond acceptors (Lipinski definition) is 6. The third-order valence-corrected chi connectivity index (χ3v) is 5.50. The fourth-order valence-electron chi connectivity index (χ4n) is 3.09. The summed E-state index contributed by atoms with van der Waals surface area (Å²) in [6.45, 7) is 4.89. The Morgan fingerprint density at radius 2 is 2.15 bits per heavy atom. The monoisotopic (exact) mass is 386 g/mol. The molecule has 1 amide bonds. The van der Waals surface area contributed by atoms with E-state index in [0.717, 1.165) is 12.8 Å². The minimum absolute atomic E-state index is 0.00686. The normalized spacial score (nSPS) is 19.0. The van der Waals surface area contributed by atoms with Crippen LogP contribution < -0.4 is 0 Å². The lowest BCUT2D eigenvalue weighted by molar-refractivity contribution is 0.105. The number of amides is 1. The highest BCUT2D eigenvalue weighted by atomic mass is 32.2. The number of carbonyl (C=O) groups is 2. The van der Waals surface area contributed by atoms with Crippen LogP contribution in [0.15, 0.2) is 55.6 Å². The van der Waals surface area contributed by atoms with E-state index in [2.05, 4.69) is 16.7 Å². The molecule has 0 bridgehead atoms. The number of nitrogens with zero attached hydrogens (tertiary/aromatic N) is 4. The molecule has 2 heterocycles. The van der Waals surface area contributed by atoms with Crippen molar-refractivity contribution in [3.63, 3.8) is 0 Å². The van der Waals surface area contributed by atoms with E-state index in [1.807, 2.05) is 30.3 Å². The first kappa shape index (κ1) is 19.2. The standard InChI is InChI=1S/C19H22N4O3S/c1-2-10-26-19(25)23-12-17(27-18(24)15-6-4-3-5-7-15)11-16(23)8-9-22-14-20-13-21-22/h2-7,13-14,16-17H,1,8-12H2. The summed E-state index contributed by atoms with van der Waals surface area (Å²) in [5.74, 6) is 0. The average Bonchev–Trinajstić information content (AvgIpc) is 3.35. The molecule has 1 fully saturated rings. The van der Waals surface area contributed by atoms with Crippen molar-refractivity contribution in [2.45, 2.75) is 30.7 Å². The molecule has 1 saturated heterocycles. The van der Waals surface area contributed by atoms with Crippen molar-refractivity contribution < 1.29 is 14.3 Å². The molecule has 1 aromatic heterocycles. The van der Waals surface area contributed by atoms with Crippen molar-refractivity contribution in [3.8, 4) is 0 Å². The molecule has 2 unspecified atom stereocenters. The third kappa shape index (κ3) is 5.19. The molecule has 0 saturated carbocycles. The fraction of sp³-hybridized carbons (Fsp3) is 0.368. The highest BCUT2D eigenvalue weighted by molar-refractivity contribution is 8.14. The van der Waals surface area contributed by atoms with Gasteiger partial charge >= 0.3 is 6.09 Å². The molecule has 0 N–H and O–H groups in total. The first-order valence-corrected chi connectivity index (χ1v) is 9.68. The Balaban J connectivity index is 1.63. The second-order valence-electron chi connectivity index (χ2n) is 6.25. The predicted molar refractivity (Wildman–Crippen MR) is 103 cm³/mol. The number of benzene rings is 1. The molecule has 2 atom stereocenters. The van der Waals surface area contributed by atoms with Gasteiger partial charge in [-0.3, -0.25) is 9.48 Å². The first-order chi connectivity index (χ1) is 13.2. The summed E-state index contributed by atoms with van der Waals surface area (Å²) in [5.41, 5.74) is 0.675. The number of carbonyl (C=O) groups excluding carboxylic acids is 2. The van der Waals surface area contributed by atoms with E-state index >= 15 is 0 Å². The van der Waals surface area contributed by atoms with Gasteiger partial charge in [0.05, 0.1) is 0 Å². The van der Waals surface area contributed by atoms with Crippen LogP contribution in [0.3, 0.4) is 0 Å². The van der Waals surface area contributed by atoms with Crippen LogP contribution in [0, 0.1) is 0 Å². The summed E-state index contributed by atoms with van der Waals surface area (Å²) >= 11 is 1.29. The Kier molecular flexibility index (Phi) is 6.64. The van der Waals surface area contributed by atoms with E-state index in [1.54, 1.807) is 22.0 Å². The summed E-state index contributed by atoms with van der Waals surface area (Å²) < 4.78 is 6.96. The zero-order valence-corrected chi connectivity index (χ0v) is 15.8. The van der Waals surface area contributed by atoms with Crippen LogP contribution in [-0.4, -0.2) is 55.3 Å². The van der Waals surface area contributed by atoms with Gasteiger partial charge in [0.2, 0.25) is 5.12 Å². The molecular formula is C19H22N4O3S. The summed E-state index contributed by atoms with van der Waals surface area (Å²) in [6.07, 6.45) is 5.78. The van der Waals surface area contributed by atoms with Crippen LogP contribution in [0.4, 0.5) is 4.79 Å². The van der Waals surface area contributed by atoms with E-state index in [9.17, 15) is 9.59 Å². The maximum absolute atomic E-state index is 12.5. The quantitative estimate of drug-likeness (QED) is 0.681. The van der Waals surface area contributed by atoms with E-state index in [4.69, 9.17) is 4.74 Å². The number of aromatic nitrogens is 3. The number of aryl methyl sites for hydroxylation is 1. The van der Waals surface area contributed by atoms with Crippen LogP contribution in [-0.2, 0) is 11.3 Å². The zero-order valence-electron chi connectivity index (χ0n) is 14.9. The molecule has 1 aliphatic rings. The molecular weight excluding hydrogens is 364 g/mol. The smallest absolute Gasteiger partial charge is 0.410 e. The summed E-state index contributed by atoms with van der Waals surface area (Å²) in [6, 6.07) is 9.19. The van der Waals surface area contributed by atoms with E-state index in [-0.39, 0.29) is 29.1 Å². The van der Waals surface area contributed by atoms with Crippen molar-refractivity contribution in [3.05, 3.63) is 61.2 Å². The van der Waals surface area contributed by atoms with Gasteiger partial charge in [0.1, 0.15) is 19.3 Å². The molecule has 1 aliphatic heterocycles. The first-order valence-electron chi connectivity index (χ1n) is 8.80. The molecule has 7 nitrogen and oxygen atoms in total. The Hall–Kier alpha value is -2.61. The third-order valence-electron chi connectivity index (χ3n) is 4.38. The lowest BCUT2D eigenvalue weighted by Gasteiger charge is -2.23. The van der Waals surface area contributed by atoms with Gasteiger partial charge in [-0.15, -0.1) is 0 Å². The second-order valence-corrected chi connectivity index (χ2v) is 7.52. The molecule has 0 radical (unpaired) electrons. The highest BCUT2D eigenvalue weighted by Crippen LogP contribution is 2.32. The van der Waals surface area contributed by atoms with E-state index in [1.165, 1.54) is 18.1 Å². The molecule has 1 aromatic carbocycles. The Labute approximate surface area is 162 Å². The number of thioether (sulfide) groups is 1. The lowest BCUT2D eigenvalue weighted by Crippen LogP contribution is -2.37. The highest BCUT2D eigenvalue weighted by Gasteiger charge is 2.37. The van der Waals surface area contributed by atoms with Crippen LogP contribution >= 0.6 is 11.8 Å². The van der Waals surface area contributed by atoms with Crippen molar-refractivity contribution >= 4 is 23.0 Å². The topological polar surface area (TPSA) is 77.3 Å². The molecule has 0 aliphatic carbocycles. The maximum Gasteiger partial charge on any atom is 0.410 e. The molecule has 142 valence electrons. The van der Waals surface area contributed by atoms with Gasteiger partial charge in [-0.2, -0.15) is 5.10 Å². The summed E-state index contributed by atoms with van der Waals surface area (Å²) in [7, 11) is 0.